The lowest BCUT2D eigenvalue weighted by Crippen LogP contribution is -2.39. The van der Waals surface area contributed by atoms with E-state index in [9.17, 15) is 29.0 Å². The molecule has 1 N–H and O–H groups in total. The van der Waals surface area contributed by atoms with E-state index < -0.39 is 21.0 Å². The van der Waals surface area contributed by atoms with Crippen molar-refractivity contribution < 1.29 is 38.5 Å². The summed E-state index contributed by atoms with van der Waals surface area (Å²) < 4.78 is 77.0. The lowest BCUT2D eigenvalue weighted by atomic mass is 9.96. The van der Waals surface area contributed by atoms with Crippen molar-refractivity contribution in [2.45, 2.75) is 24.3 Å². The fourth-order valence-corrected chi connectivity index (χ4v) is 5.24. The minimum absolute atomic E-state index is 0.0773. The molecule has 1 fully saturated rings. The summed E-state index contributed by atoms with van der Waals surface area (Å²) >= 11 is 0. The molecule has 2 amide bonds. The molecule has 0 bridgehead atoms. The zero-order valence-corrected chi connectivity index (χ0v) is 22.2. The van der Waals surface area contributed by atoms with Crippen molar-refractivity contribution in [1.82, 2.24) is 20.0 Å². The first-order chi connectivity index (χ1) is 18.2. The summed E-state index contributed by atoms with van der Waals surface area (Å²) in [6.45, 7) is 2.01. The SMILES string of the molecule is COCCNC(=O)c1ccc2nn(CC3CCN(C(=O)c4ccc(S(F)(F)(F)(F)F)cc4)CC3)cc2c1OC. The Hall–Kier alpha value is -3.39. The number of carbonyl (C=O) groups excluding carboxylic acids is 2. The monoisotopic (exact) mass is 576 g/mol. The minimum atomic E-state index is -9.79. The van der Waals surface area contributed by atoms with Gasteiger partial charge < -0.3 is 19.7 Å². The third-order valence-corrected chi connectivity index (χ3v) is 7.78. The summed E-state index contributed by atoms with van der Waals surface area (Å²) in [5.41, 5.74) is 0.954. The Labute approximate surface area is 221 Å². The zero-order chi connectivity index (χ0) is 28.5. The number of aromatic nitrogens is 2. The number of fused-ring (bicyclic) bond motifs is 1. The van der Waals surface area contributed by atoms with Crippen molar-refractivity contribution in [2.75, 3.05) is 40.5 Å². The Morgan fingerprint density at radius 2 is 1.69 bits per heavy atom. The quantitative estimate of drug-likeness (QED) is 0.264. The zero-order valence-electron chi connectivity index (χ0n) is 21.3. The maximum atomic E-state index is 12.9. The van der Waals surface area contributed by atoms with Gasteiger partial charge in [0.1, 0.15) is 10.6 Å². The molecule has 214 valence electrons. The molecule has 8 nitrogen and oxygen atoms in total. The van der Waals surface area contributed by atoms with Gasteiger partial charge in [0, 0.05) is 45.0 Å². The highest BCUT2D eigenvalue weighted by molar-refractivity contribution is 8.45. The van der Waals surface area contributed by atoms with Gasteiger partial charge in [0.15, 0.2) is 0 Å². The second-order valence-corrected chi connectivity index (χ2v) is 11.8. The van der Waals surface area contributed by atoms with Crippen LogP contribution in [0.1, 0.15) is 33.6 Å². The molecule has 1 aromatic heterocycles. The van der Waals surface area contributed by atoms with Crippen molar-refractivity contribution in [3.63, 3.8) is 0 Å². The second-order valence-electron chi connectivity index (χ2n) is 9.41. The summed E-state index contributed by atoms with van der Waals surface area (Å²) in [7, 11) is -6.77. The van der Waals surface area contributed by atoms with Crippen molar-refractivity contribution in [1.29, 1.82) is 0 Å². The predicted molar refractivity (Wildman–Crippen MR) is 137 cm³/mol. The molecule has 0 radical (unpaired) electrons. The molecule has 39 heavy (non-hydrogen) atoms. The Bertz CT molecular complexity index is 1370. The number of halogens is 5. The van der Waals surface area contributed by atoms with Gasteiger partial charge in [0.05, 0.1) is 30.2 Å². The van der Waals surface area contributed by atoms with Crippen LogP contribution in [0.15, 0.2) is 47.5 Å². The number of nitrogens with one attached hydrogen (secondary N) is 1. The molecule has 3 aromatic rings. The largest absolute Gasteiger partial charge is 0.495 e. The van der Waals surface area contributed by atoms with E-state index in [0.29, 0.717) is 67.8 Å². The van der Waals surface area contributed by atoms with Crippen LogP contribution in [0.5, 0.6) is 5.75 Å². The van der Waals surface area contributed by atoms with Gasteiger partial charge in [-0.05, 0) is 55.2 Å². The number of carbonyl (C=O) groups is 2. The molecular formula is C25H29F5N4O4S. The summed E-state index contributed by atoms with van der Waals surface area (Å²) in [5, 5.41) is 8.03. The number of benzene rings is 2. The molecule has 14 heteroatoms. The van der Waals surface area contributed by atoms with E-state index >= 15 is 0 Å². The van der Waals surface area contributed by atoms with E-state index in [4.69, 9.17) is 9.47 Å². The van der Waals surface area contributed by atoms with Crippen molar-refractivity contribution in [2.24, 2.45) is 5.92 Å². The first kappa shape index (κ1) is 28.6. The summed E-state index contributed by atoms with van der Waals surface area (Å²) in [5.74, 6) is -0.223. The van der Waals surface area contributed by atoms with E-state index in [-0.39, 0.29) is 29.5 Å². The number of hydrogen-bond donors (Lipinski definition) is 1. The fraction of sp³-hybridized carbons (Fsp3) is 0.400. The number of hydrogen-bond acceptors (Lipinski definition) is 5. The van der Waals surface area contributed by atoms with Crippen LogP contribution >= 0.6 is 10.2 Å². The number of likely N-dealkylation sites (tertiary alicyclic amines) is 1. The predicted octanol–water partition coefficient (Wildman–Crippen LogP) is 5.63. The highest BCUT2D eigenvalue weighted by Crippen LogP contribution is 3.02. The van der Waals surface area contributed by atoms with Gasteiger partial charge in [-0.25, -0.2) is 0 Å². The molecule has 0 saturated carbocycles. The van der Waals surface area contributed by atoms with Crippen LogP contribution in [-0.2, 0) is 11.3 Å². The molecule has 2 aromatic carbocycles. The normalized spacial score (nSPS) is 16.5. The van der Waals surface area contributed by atoms with Crippen LogP contribution in [0.3, 0.4) is 0 Å². The van der Waals surface area contributed by atoms with Crippen LogP contribution in [-0.4, -0.2) is 67.0 Å². The Kier molecular flexibility index (Phi) is 7.32. The number of rotatable bonds is 9. The maximum absolute atomic E-state index is 12.9. The second kappa shape index (κ2) is 9.97. The van der Waals surface area contributed by atoms with Crippen LogP contribution < -0.4 is 10.1 Å². The van der Waals surface area contributed by atoms with Crippen LogP contribution in [0.25, 0.3) is 10.9 Å². The van der Waals surface area contributed by atoms with Crippen LogP contribution in [0.4, 0.5) is 19.4 Å². The summed E-state index contributed by atoms with van der Waals surface area (Å²) in [6.07, 6.45) is 3.05. The third-order valence-electron chi connectivity index (χ3n) is 6.62. The van der Waals surface area contributed by atoms with Gasteiger partial charge >= 0.3 is 10.2 Å². The minimum Gasteiger partial charge on any atom is -0.495 e. The number of ether oxygens (including phenoxy) is 2. The average Bonchev–Trinajstić information content (AvgIpc) is 3.29. The molecule has 1 aliphatic heterocycles. The van der Waals surface area contributed by atoms with Gasteiger partial charge in [-0.15, -0.1) is 0 Å². The van der Waals surface area contributed by atoms with Crippen LogP contribution in [0, 0.1) is 5.92 Å². The number of methoxy groups -OCH3 is 2. The van der Waals surface area contributed by atoms with E-state index in [1.165, 1.54) is 12.0 Å². The van der Waals surface area contributed by atoms with Gasteiger partial charge in [0.25, 0.3) is 11.8 Å². The van der Waals surface area contributed by atoms with Gasteiger partial charge in [-0.2, -0.15) is 5.10 Å². The Morgan fingerprint density at radius 3 is 2.28 bits per heavy atom. The number of piperidine rings is 1. The van der Waals surface area contributed by atoms with E-state index in [2.05, 4.69) is 10.4 Å². The summed E-state index contributed by atoms with van der Waals surface area (Å²) in [6, 6.07) is 5.48. The van der Waals surface area contributed by atoms with Crippen molar-refractivity contribution in [3.05, 3.63) is 53.7 Å². The van der Waals surface area contributed by atoms with E-state index in [1.54, 1.807) is 30.1 Å². The molecule has 4 rings (SSSR count). The molecule has 0 unspecified atom stereocenters. The molecule has 1 aliphatic rings. The fourth-order valence-electron chi connectivity index (χ4n) is 4.59. The molecule has 1 saturated heterocycles. The Balaban J connectivity index is 1.39. The topological polar surface area (TPSA) is 85.7 Å². The lowest BCUT2D eigenvalue weighted by molar-refractivity contribution is 0.0681. The number of nitrogens with zero attached hydrogens (tertiary/aromatic N) is 3. The first-order valence-electron chi connectivity index (χ1n) is 12.1. The highest BCUT2D eigenvalue weighted by atomic mass is 32.5. The summed E-state index contributed by atoms with van der Waals surface area (Å²) in [4.78, 5) is 24.8. The molecule has 0 atom stereocenters. The third kappa shape index (κ3) is 6.61. The van der Waals surface area contributed by atoms with E-state index in [1.807, 2.05) is 0 Å². The molecule has 0 spiro atoms. The molecular weight excluding hydrogens is 547 g/mol. The molecule has 0 aliphatic carbocycles. The van der Waals surface area contributed by atoms with E-state index in [0.717, 1.165) is 12.1 Å². The van der Waals surface area contributed by atoms with Crippen molar-refractivity contribution >= 4 is 32.9 Å². The maximum Gasteiger partial charge on any atom is 0.310 e. The Morgan fingerprint density at radius 1 is 1.03 bits per heavy atom. The van der Waals surface area contributed by atoms with Gasteiger partial charge in [-0.1, -0.05) is 19.4 Å². The van der Waals surface area contributed by atoms with Gasteiger partial charge in [-0.3, -0.25) is 14.3 Å². The lowest BCUT2D eigenvalue weighted by Gasteiger charge is -2.40. The van der Waals surface area contributed by atoms with Crippen molar-refractivity contribution in [3.8, 4) is 5.75 Å². The van der Waals surface area contributed by atoms with Gasteiger partial charge in [0.2, 0.25) is 0 Å². The smallest absolute Gasteiger partial charge is 0.310 e. The highest BCUT2D eigenvalue weighted by Gasteiger charge is 2.65. The molecule has 2 heterocycles. The first-order valence-corrected chi connectivity index (χ1v) is 14.1. The standard InChI is InChI=1S/C25H29F5N4O4S/c1-37-14-11-31-24(35)20-7-8-22-21(23(20)38-2)16-34(32-22)15-17-9-12-33(13-10-17)25(36)18-3-5-19(6-4-18)39(26,27,28,29)30/h3-8,16-17H,9-15H2,1-2H3,(H,31,35). The average molecular weight is 577 g/mol. The van der Waals surface area contributed by atoms with Crippen LogP contribution in [0.2, 0.25) is 0 Å². The number of amides is 2.